The Morgan fingerprint density at radius 2 is 1.78 bits per heavy atom. The van der Waals surface area contributed by atoms with E-state index in [0.29, 0.717) is 11.9 Å². The van der Waals surface area contributed by atoms with Crippen LogP contribution in [0.3, 0.4) is 0 Å². The first kappa shape index (κ1) is 14.5. The molecule has 0 bridgehead atoms. The molecule has 0 fully saturated rings. The first-order valence-electron chi connectivity index (χ1n) is 4.41. The van der Waals surface area contributed by atoms with Crippen molar-refractivity contribution in [3.63, 3.8) is 0 Å². The average Bonchev–Trinajstić information content (AvgIpc) is 2.22. The molecular weight excluding hydrogens is 285 g/mol. The van der Waals surface area contributed by atoms with Gasteiger partial charge in [0.2, 0.25) is 0 Å². The molecule has 0 saturated carbocycles. The molecule has 8 heteroatoms. The van der Waals surface area contributed by atoms with E-state index in [2.05, 4.69) is 0 Å². The van der Waals surface area contributed by atoms with Gasteiger partial charge in [-0.2, -0.15) is 0 Å². The van der Waals surface area contributed by atoms with Gasteiger partial charge in [-0.3, -0.25) is 5.14 Å². The summed E-state index contributed by atoms with van der Waals surface area (Å²) in [5.41, 5.74) is -0.948. The normalized spacial score (nSPS) is 9.94. The number of nitrogens with two attached hydrogens (primary N) is 1. The predicted octanol–water partition coefficient (Wildman–Crippen LogP) is 1.97. The van der Waals surface area contributed by atoms with Gasteiger partial charge in [0.05, 0.1) is 4.91 Å². The van der Waals surface area contributed by atoms with Crippen LogP contribution in [0.25, 0.3) is 4.91 Å². The van der Waals surface area contributed by atoms with Crippen molar-refractivity contribution in [2.45, 2.75) is 0 Å². The van der Waals surface area contributed by atoms with Gasteiger partial charge in [-0.15, -0.1) is 0 Å². The lowest BCUT2D eigenvalue weighted by molar-refractivity contribution is -0.140. The van der Waals surface area contributed by atoms with Crippen LogP contribution in [0.2, 0.25) is 5.02 Å². The Morgan fingerprint density at radius 1 is 1.22 bits per heavy atom. The molecule has 96 valence electrons. The lowest BCUT2D eigenvalue weighted by Gasteiger charge is -2.07. The second-order valence-electron chi connectivity index (χ2n) is 3.09. The molecule has 1 rings (SSSR count). The summed E-state index contributed by atoms with van der Waals surface area (Å²) in [6, 6.07) is 3.18. The number of aliphatic carboxylic acids is 2. The summed E-state index contributed by atoms with van der Waals surface area (Å²) < 4.78 is 13.1. The van der Waals surface area contributed by atoms with Gasteiger partial charge in [0.25, 0.3) is 0 Å². The summed E-state index contributed by atoms with van der Waals surface area (Å²) in [7, 11) is 0. The highest BCUT2D eigenvalue weighted by atomic mass is 35.5. The number of carboxylic acids is 2. The predicted molar refractivity (Wildman–Crippen MR) is 65.4 cm³/mol. The zero-order valence-corrected chi connectivity index (χ0v) is 10.3. The molecule has 0 saturated heterocycles. The Morgan fingerprint density at radius 3 is 2.17 bits per heavy atom. The minimum Gasteiger partial charge on any atom is -0.477 e. The minimum absolute atomic E-state index is 0.00618. The first-order chi connectivity index (χ1) is 8.36. The van der Waals surface area contributed by atoms with Crippen molar-refractivity contribution in [3.05, 3.63) is 40.2 Å². The van der Waals surface area contributed by atoms with Crippen LogP contribution in [0.5, 0.6) is 0 Å². The highest BCUT2D eigenvalue weighted by molar-refractivity contribution is 8.06. The van der Waals surface area contributed by atoms with Crippen LogP contribution in [0.4, 0.5) is 4.39 Å². The third-order valence-corrected chi connectivity index (χ3v) is 2.79. The van der Waals surface area contributed by atoms with Crippen LogP contribution in [0.1, 0.15) is 5.56 Å². The Hall–Kier alpha value is -1.57. The van der Waals surface area contributed by atoms with Gasteiger partial charge in [0, 0.05) is 5.02 Å². The van der Waals surface area contributed by atoms with Crippen LogP contribution in [0, 0.1) is 5.82 Å². The van der Waals surface area contributed by atoms with Crippen LogP contribution in [-0.4, -0.2) is 22.2 Å². The fraction of sp³-hybridized carbons (Fsp3) is 0. The van der Waals surface area contributed by atoms with Crippen molar-refractivity contribution in [1.82, 2.24) is 0 Å². The Kier molecular flexibility index (Phi) is 4.71. The first-order valence-corrected chi connectivity index (χ1v) is 5.66. The molecule has 5 nitrogen and oxygen atoms in total. The third-order valence-electron chi connectivity index (χ3n) is 1.90. The van der Waals surface area contributed by atoms with E-state index >= 15 is 0 Å². The van der Waals surface area contributed by atoms with Crippen molar-refractivity contribution >= 4 is 40.4 Å². The van der Waals surface area contributed by atoms with Crippen LogP contribution < -0.4 is 5.14 Å². The monoisotopic (exact) mass is 291 g/mol. The molecule has 0 atom stereocenters. The zero-order chi connectivity index (χ0) is 13.9. The fourth-order valence-corrected chi connectivity index (χ4v) is 2.01. The molecule has 0 aliphatic carbocycles. The molecule has 0 unspecified atom stereocenters. The number of benzene rings is 1. The third kappa shape index (κ3) is 3.22. The average molecular weight is 292 g/mol. The van der Waals surface area contributed by atoms with Crippen LogP contribution in [-0.2, 0) is 9.59 Å². The highest BCUT2D eigenvalue weighted by Gasteiger charge is 2.23. The van der Waals surface area contributed by atoms with Gasteiger partial charge in [0.15, 0.2) is 5.57 Å². The van der Waals surface area contributed by atoms with Gasteiger partial charge >= 0.3 is 11.9 Å². The van der Waals surface area contributed by atoms with Crippen LogP contribution >= 0.6 is 23.5 Å². The van der Waals surface area contributed by atoms with E-state index in [1.165, 1.54) is 6.07 Å². The van der Waals surface area contributed by atoms with Crippen molar-refractivity contribution in [1.29, 1.82) is 0 Å². The molecule has 0 heterocycles. The van der Waals surface area contributed by atoms with E-state index in [0.717, 1.165) is 12.1 Å². The maximum Gasteiger partial charge on any atom is 0.344 e. The molecular formula is C10H7ClFNO4S. The van der Waals surface area contributed by atoms with E-state index in [1.54, 1.807) is 0 Å². The number of rotatable bonds is 4. The quantitative estimate of drug-likeness (QED) is 0.339. The molecule has 1 aromatic rings. The Balaban J connectivity index is 3.52. The smallest absolute Gasteiger partial charge is 0.344 e. The van der Waals surface area contributed by atoms with Gasteiger partial charge in [-0.1, -0.05) is 11.6 Å². The lowest BCUT2D eigenvalue weighted by Crippen LogP contribution is -2.13. The molecule has 0 aliphatic heterocycles. The van der Waals surface area contributed by atoms with Gasteiger partial charge in [-0.05, 0) is 35.7 Å². The van der Waals surface area contributed by atoms with E-state index in [1.807, 2.05) is 0 Å². The molecule has 0 aromatic heterocycles. The van der Waals surface area contributed by atoms with E-state index in [4.69, 9.17) is 27.0 Å². The summed E-state index contributed by atoms with van der Waals surface area (Å²) in [5, 5.41) is 22.9. The van der Waals surface area contributed by atoms with E-state index in [9.17, 15) is 14.0 Å². The number of carbonyl (C=O) groups is 2. The summed E-state index contributed by atoms with van der Waals surface area (Å²) in [4.78, 5) is 21.4. The standard InChI is InChI=1S/C10H7ClFNO4S/c11-5-1-4(2-6(12)3-5)8(18-13)7(9(14)15)10(16)17/h1-3H,13H2,(H,14,15)(H,16,17). The topological polar surface area (TPSA) is 101 Å². The molecule has 0 aliphatic rings. The maximum absolute atomic E-state index is 13.1. The summed E-state index contributed by atoms with van der Waals surface area (Å²) in [5.74, 6) is -4.06. The Labute approximate surface area is 110 Å². The van der Waals surface area contributed by atoms with Crippen molar-refractivity contribution in [3.8, 4) is 0 Å². The molecule has 1 aromatic carbocycles. The van der Waals surface area contributed by atoms with E-state index < -0.39 is 23.3 Å². The number of halogens is 2. The molecule has 0 spiro atoms. The summed E-state index contributed by atoms with van der Waals surface area (Å²) in [6.07, 6.45) is 0. The molecule has 0 radical (unpaired) electrons. The zero-order valence-electron chi connectivity index (χ0n) is 8.68. The van der Waals surface area contributed by atoms with E-state index in [-0.39, 0.29) is 15.5 Å². The number of hydrogen-bond donors (Lipinski definition) is 3. The summed E-state index contributed by atoms with van der Waals surface area (Å²) in [6.45, 7) is 0. The SMILES string of the molecule is NSC(=C(C(=O)O)C(=O)O)c1cc(F)cc(Cl)c1. The lowest BCUT2D eigenvalue weighted by atomic mass is 10.1. The van der Waals surface area contributed by atoms with Crippen molar-refractivity contribution in [2.75, 3.05) is 0 Å². The fourth-order valence-electron chi connectivity index (χ4n) is 1.24. The minimum atomic E-state index is -1.67. The second kappa shape index (κ2) is 5.85. The van der Waals surface area contributed by atoms with Crippen molar-refractivity contribution in [2.24, 2.45) is 5.14 Å². The molecule has 0 amide bonds. The van der Waals surface area contributed by atoms with Gasteiger partial charge in [0.1, 0.15) is 5.82 Å². The summed E-state index contributed by atoms with van der Waals surface area (Å²) >= 11 is 6.01. The van der Waals surface area contributed by atoms with Gasteiger partial charge < -0.3 is 10.2 Å². The van der Waals surface area contributed by atoms with Crippen LogP contribution in [0.15, 0.2) is 23.8 Å². The number of hydrogen-bond acceptors (Lipinski definition) is 4. The van der Waals surface area contributed by atoms with Gasteiger partial charge in [-0.25, -0.2) is 14.0 Å². The second-order valence-corrected chi connectivity index (χ2v) is 4.17. The molecule has 4 N–H and O–H groups in total. The molecule has 18 heavy (non-hydrogen) atoms. The Bertz CT molecular complexity index is 510. The highest BCUT2D eigenvalue weighted by Crippen LogP contribution is 2.30. The maximum atomic E-state index is 13.1. The van der Waals surface area contributed by atoms with Crippen molar-refractivity contribution < 1.29 is 24.2 Å². The largest absolute Gasteiger partial charge is 0.477 e. The number of carboxylic acid groups (broad SMARTS) is 2.